The highest BCUT2D eigenvalue weighted by molar-refractivity contribution is 7.26. The molecule has 2 aromatic heterocycles. The molecule has 58 heavy (non-hydrogen) atoms. The van der Waals surface area contributed by atoms with Crippen molar-refractivity contribution in [1.29, 1.82) is 0 Å². The van der Waals surface area contributed by atoms with Crippen molar-refractivity contribution < 1.29 is 0 Å². The van der Waals surface area contributed by atoms with Gasteiger partial charge in [-0.2, -0.15) is 0 Å². The minimum atomic E-state index is -0.0465. The summed E-state index contributed by atoms with van der Waals surface area (Å²) in [6, 6.07) is 70.1. The molecular formula is C55H38N2S. The molecule has 0 N–H and O–H groups in total. The first-order chi connectivity index (χ1) is 28.5. The molecule has 0 aliphatic heterocycles. The van der Waals surface area contributed by atoms with Gasteiger partial charge in [0.05, 0.1) is 11.4 Å². The maximum Gasteiger partial charge on any atom is 0.160 e. The largest absolute Gasteiger partial charge is 0.228 e. The van der Waals surface area contributed by atoms with Crippen molar-refractivity contribution >= 4 is 31.5 Å². The molecule has 0 bridgehead atoms. The predicted molar refractivity (Wildman–Crippen MR) is 245 cm³/mol. The van der Waals surface area contributed by atoms with Crippen molar-refractivity contribution in [3.8, 4) is 78.4 Å². The normalized spacial score (nSPS) is 12.8. The first-order valence-electron chi connectivity index (χ1n) is 19.9. The molecule has 0 amide bonds. The van der Waals surface area contributed by atoms with Gasteiger partial charge in [0.15, 0.2) is 5.82 Å². The third-order valence-corrected chi connectivity index (χ3v) is 13.1. The number of hydrogen-bond acceptors (Lipinski definition) is 3. The van der Waals surface area contributed by atoms with E-state index in [1.165, 1.54) is 70.2 Å². The van der Waals surface area contributed by atoms with E-state index < -0.39 is 0 Å². The highest BCUT2D eigenvalue weighted by atomic mass is 32.1. The molecule has 0 saturated carbocycles. The quantitative estimate of drug-likeness (QED) is 0.169. The molecular weight excluding hydrogens is 721 g/mol. The lowest BCUT2D eigenvalue weighted by atomic mass is 9.81. The topological polar surface area (TPSA) is 25.8 Å². The van der Waals surface area contributed by atoms with Crippen molar-refractivity contribution in [1.82, 2.24) is 9.97 Å². The van der Waals surface area contributed by atoms with E-state index in [9.17, 15) is 0 Å². The van der Waals surface area contributed by atoms with Gasteiger partial charge in [-0.25, -0.2) is 9.97 Å². The summed E-state index contributed by atoms with van der Waals surface area (Å²) in [5.41, 5.74) is 17.4. The van der Waals surface area contributed by atoms with Crippen LogP contribution in [0.5, 0.6) is 0 Å². The van der Waals surface area contributed by atoms with Crippen molar-refractivity contribution in [3.05, 3.63) is 205 Å². The summed E-state index contributed by atoms with van der Waals surface area (Å²) in [5, 5.41) is 2.59. The summed E-state index contributed by atoms with van der Waals surface area (Å²) < 4.78 is 2.60. The van der Waals surface area contributed by atoms with Gasteiger partial charge in [0, 0.05) is 42.3 Å². The van der Waals surface area contributed by atoms with Gasteiger partial charge in [-0.15, -0.1) is 11.3 Å². The molecule has 0 spiro atoms. The zero-order chi connectivity index (χ0) is 38.8. The van der Waals surface area contributed by atoms with E-state index in [4.69, 9.17) is 9.97 Å². The Kier molecular flexibility index (Phi) is 8.06. The van der Waals surface area contributed by atoms with Crippen molar-refractivity contribution in [2.75, 3.05) is 0 Å². The van der Waals surface area contributed by atoms with Gasteiger partial charge in [0.1, 0.15) is 0 Å². The number of nitrogens with zero attached hydrogens (tertiary/aromatic N) is 2. The summed E-state index contributed by atoms with van der Waals surface area (Å²) in [6.45, 7) is 4.68. The third kappa shape index (κ3) is 5.78. The van der Waals surface area contributed by atoms with E-state index in [1.54, 1.807) is 0 Å². The fourth-order valence-corrected chi connectivity index (χ4v) is 10.1. The molecule has 0 saturated heterocycles. The molecule has 0 atom stereocenters. The summed E-state index contributed by atoms with van der Waals surface area (Å²) in [5.74, 6) is 0.705. The van der Waals surface area contributed by atoms with Crippen LogP contribution in [0.15, 0.2) is 194 Å². The first kappa shape index (κ1) is 34.3. The average molecular weight is 759 g/mol. The second-order valence-electron chi connectivity index (χ2n) is 15.8. The maximum absolute atomic E-state index is 5.29. The number of rotatable bonds is 6. The molecule has 274 valence electrons. The Hall–Kier alpha value is -6.94. The highest BCUT2D eigenvalue weighted by Crippen LogP contribution is 2.49. The third-order valence-electron chi connectivity index (χ3n) is 11.9. The number of hydrogen-bond donors (Lipinski definition) is 0. The fraction of sp³-hybridized carbons (Fsp3) is 0.0545. The van der Waals surface area contributed by atoms with E-state index >= 15 is 0 Å². The average Bonchev–Trinajstić information content (AvgIpc) is 3.78. The second-order valence-corrected chi connectivity index (χ2v) is 16.8. The lowest BCUT2D eigenvalue weighted by Gasteiger charge is -2.22. The van der Waals surface area contributed by atoms with Gasteiger partial charge in [-0.1, -0.05) is 172 Å². The number of benzene rings is 8. The molecule has 0 radical (unpaired) electrons. The van der Waals surface area contributed by atoms with Crippen LogP contribution in [0.2, 0.25) is 0 Å². The van der Waals surface area contributed by atoms with Gasteiger partial charge in [0.25, 0.3) is 0 Å². The summed E-state index contributed by atoms with van der Waals surface area (Å²) in [6.07, 6.45) is 0. The molecule has 11 rings (SSSR count). The van der Waals surface area contributed by atoms with E-state index in [0.29, 0.717) is 5.82 Å². The molecule has 1 aliphatic carbocycles. The van der Waals surface area contributed by atoms with Crippen molar-refractivity contribution in [2.24, 2.45) is 0 Å². The monoisotopic (exact) mass is 758 g/mol. The van der Waals surface area contributed by atoms with Crippen molar-refractivity contribution in [3.63, 3.8) is 0 Å². The van der Waals surface area contributed by atoms with E-state index in [2.05, 4.69) is 202 Å². The van der Waals surface area contributed by atoms with Gasteiger partial charge in [-0.05, 0) is 92.0 Å². The molecule has 2 heterocycles. The molecule has 8 aromatic carbocycles. The van der Waals surface area contributed by atoms with Crippen LogP contribution in [-0.4, -0.2) is 9.97 Å². The van der Waals surface area contributed by atoms with Gasteiger partial charge in [0.2, 0.25) is 0 Å². The minimum Gasteiger partial charge on any atom is -0.228 e. The standard InChI is InChI=1S/C55H38N2S/c1-55(2)48-22-11-9-18-44(48)45-29-28-39(33-49(45)55)36-24-26-37(27-25-36)50-34-51(57-54(56-50)38-16-7-4-8-17-38)42-31-40(35-14-5-3-6-15-35)30-41(32-42)43-20-13-21-47-46-19-10-12-23-52(46)58-53(43)47/h3-34H,1-2H3. The van der Waals surface area contributed by atoms with Crippen LogP contribution >= 0.6 is 11.3 Å². The SMILES string of the molecule is CC1(C)c2ccccc2-c2ccc(-c3ccc(-c4cc(-c5cc(-c6ccccc6)cc(-c6cccc7c6sc6ccccc67)c5)nc(-c5ccccc5)n4)cc3)cc21. The zero-order valence-corrected chi connectivity index (χ0v) is 33.1. The van der Waals surface area contributed by atoms with E-state index in [0.717, 1.165) is 33.6 Å². The van der Waals surface area contributed by atoms with E-state index in [-0.39, 0.29) is 5.41 Å². The van der Waals surface area contributed by atoms with E-state index in [1.807, 2.05) is 17.4 Å². The van der Waals surface area contributed by atoms with Gasteiger partial charge < -0.3 is 0 Å². The summed E-state index contributed by atoms with van der Waals surface area (Å²) >= 11 is 1.86. The van der Waals surface area contributed by atoms with Crippen LogP contribution in [0.3, 0.4) is 0 Å². The van der Waals surface area contributed by atoms with Crippen LogP contribution < -0.4 is 0 Å². The zero-order valence-electron chi connectivity index (χ0n) is 32.3. The molecule has 2 nitrogen and oxygen atoms in total. The molecule has 0 fully saturated rings. The highest BCUT2D eigenvalue weighted by Gasteiger charge is 2.35. The maximum atomic E-state index is 5.29. The molecule has 3 heteroatoms. The molecule has 0 unspecified atom stereocenters. The fourth-order valence-electron chi connectivity index (χ4n) is 8.88. The Balaban J connectivity index is 1.04. The van der Waals surface area contributed by atoms with Crippen LogP contribution in [0.25, 0.3) is 98.6 Å². The Morgan fingerprint density at radius 1 is 0.362 bits per heavy atom. The Bertz CT molecular complexity index is 3180. The Morgan fingerprint density at radius 2 is 0.931 bits per heavy atom. The van der Waals surface area contributed by atoms with Gasteiger partial charge >= 0.3 is 0 Å². The van der Waals surface area contributed by atoms with Gasteiger partial charge in [-0.3, -0.25) is 0 Å². The second kappa shape index (κ2) is 13.6. The Morgan fingerprint density at radius 3 is 1.74 bits per heavy atom. The number of fused-ring (bicyclic) bond motifs is 6. The smallest absolute Gasteiger partial charge is 0.160 e. The molecule has 1 aliphatic rings. The summed E-state index contributed by atoms with van der Waals surface area (Å²) in [7, 11) is 0. The Labute approximate surface area is 342 Å². The van der Waals surface area contributed by atoms with Crippen LogP contribution in [0.1, 0.15) is 25.0 Å². The lowest BCUT2D eigenvalue weighted by Crippen LogP contribution is -2.14. The van der Waals surface area contributed by atoms with Crippen LogP contribution in [-0.2, 0) is 5.41 Å². The minimum absolute atomic E-state index is 0.0465. The van der Waals surface area contributed by atoms with Crippen LogP contribution in [0.4, 0.5) is 0 Å². The number of thiophene rings is 1. The molecule has 10 aromatic rings. The summed E-state index contributed by atoms with van der Waals surface area (Å²) in [4.78, 5) is 10.5. The number of aromatic nitrogens is 2. The predicted octanol–water partition coefficient (Wildman–Crippen LogP) is 15.2. The lowest BCUT2D eigenvalue weighted by molar-refractivity contribution is 0.660. The van der Waals surface area contributed by atoms with Crippen molar-refractivity contribution in [2.45, 2.75) is 19.3 Å². The first-order valence-corrected chi connectivity index (χ1v) is 20.7. The van der Waals surface area contributed by atoms with Crippen LogP contribution in [0, 0.1) is 0 Å².